The fourth-order valence-electron chi connectivity index (χ4n) is 1.74. The fourth-order valence-corrected chi connectivity index (χ4v) is 1.74. The van der Waals surface area contributed by atoms with Crippen LogP contribution in [-0.2, 0) is 6.42 Å². The number of hydrogen-bond acceptors (Lipinski definition) is 3. The number of aromatic nitrogens is 1. The molecule has 74 valence electrons. The summed E-state index contributed by atoms with van der Waals surface area (Å²) in [4.78, 5) is 8.41. The van der Waals surface area contributed by atoms with E-state index in [0.717, 1.165) is 19.4 Å². The molecule has 2 N–H and O–H groups in total. The van der Waals surface area contributed by atoms with Crippen LogP contribution in [0.4, 0.5) is 5.82 Å². The van der Waals surface area contributed by atoms with E-state index in [0.29, 0.717) is 5.82 Å². The summed E-state index contributed by atoms with van der Waals surface area (Å²) in [7, 11) is 0. The number of aryl methyl sites for hydroxylation is 1. The monoisotopic (exact) mass is 189 g/mol. The number of anilines is 1. The highest BCUT2D eigenvalue weighted by atomic mass is 14.8. The van der Waals surface area contributed by atoms with E-state index in [4.69, 9.17) is 5.73 Å². The number of pyridine rings is 1. The molecule has 0 unspecified atom stereocenters. The maximum Gasteiger partial charge on any atom is 0.123 e. The van der Waals surface area contributed by atoms with Crippen molar-refractivity contribution >= 4 is 11.5 Å². The third-order valence-corrected chi connectivity index (χ3v) is 2.51. The Labute approximate surface area is 84.1 Å². The number of nitrogens with zero attached hydrogens (tertiary/aromatic N) is 2. The van der Waals surface area contributed by atoms with Gasteiger partial charge in [0, 0.05) is 18.5 Å². The predicted octanol–water partition coefficient (Wildman–Crippen LogP) is 1.83. The first-order valence-corrected chi connectivity index (χ1v) is 5.07. The fraction of sp³-hybridized carbons (Fsp3) is 0.455. The van der Waals surface area contributed by atoms with Gasteiger partial charge in [0.1, 0.15) is 5.82 Å². The highest BCUT2D eigenvalue weighted by molar-refractivity contribution is 5.85. The Morgan fingerprint density at radius 2 is 2.29 bits per heavy atom. The molecule has 3 heteroatoms. The molecule has 0 atom stereocenters. The molecule has 0 saturated heterocycles. The van der Waals surface area contributed by atoms with Gasteiger partial charge in [-0.3, -0.25) is 4.99 Å². The van der Waals surface area contributed by atoms with E-state index in [9.17, 15) is 0 Å². The van der Waals surface area contributed by atoms with Gasteiger partial charge in [0.25, 0.3) is 0 Å². The second-order valence-electron chi connectivity index (χ2n) is 3.64. The van der Waals surface area contributed by atoms with Crippen molar-refractivity contribution in [2.24, 2.45) is 4.99 Å². The molecule has 3 nitrogen and oxygen atoms in total. The number of hydrogen-bond donors (Lipinski definition) is 1. The first-order valence-electron chi connectivity index (χ1n) is 5.07. The molecule has 0 spiro atoms. The largest absolute Gasteiger partial charge is 0.384 e. The Kier molecular flexibility index (Phi) is 2.77. The van der Waals surface area contributed by atoms with E-state index < -0.39 is 0 Å². The molecule has 1 aromatic heterocycles. The van der Waals surface area contributed by atoms with E-state index in [1.807, 2.05) is 12.1 Å². The zero-order valence-corrected chi connectivity index (χ0v) is 8.24. The van der Waals surface area contributed by atoms with Gasteiger partial charge in [-0.25, -0.2) is 4.98 Å². The minimum absolute atomic E-state index is 0.607. The maximum absolute atomic E-state index is 5.60. The quantitative estimate of drug-likeness (QED) is 0.788. The van der Waals surface area contributed by atoms with Crippen molar-refractivity contribution in [1.82, 2.24) is 4.98 Å². The molecule has 0 radical (unpaired) electrons. The number of aliphatic imine (C=N–C) groups is 1. The Bertz CT molecular complexity index is 344. The third-order valence-electron chi connectivity index (χ3n) is 2.51. The summed E-state index contributed by atoms with van der Waals surface area (Å²) in [6.45, 7) is 1.02. The van der Waals surface area contributed by atoms with Crippen molar-refractivity contribution in [3.63, 3.8) is 0 Å². The lowest BCUT2D eigenvalue weighted by molar-refractivity contribution is 0.942. The molecule has 0 aromatic carbocycles. The number of rotatable bonds is 3. The summed E-state index contributed by atoms with van der Waals surface area (Å²) in [5.74, 6) is 0.607. The molecule has 0 saturated carbocycles. The molecule has 0 amide bonds. The lowest BCUT2D eigenvalue weighted by atomic mass is 10.1. The smallest absolute Gasteiger partial charge is 0.123 e. The molecule has 1 aliphatic rings. The molecule has 2 heterocycles. The highest BCUT2D eigenvalue weighted by Gasteiger charge is 2.06. The van der Waals surface area contributed by atoms with Crippen molar-refractivity contribution in [2.45, 2.75) is 25.7 Å². The summed E-state index contributed by atoms with van der Waals surface area (Å²) in [5.41, 5.74) is 8.22. The summed E-state index contributed by atoms with van der Waals surface area (Å²) < 4.78 is 0. The van der Waals surface area contributed by atoms with Gasteiger partial charge < -0.3 is 5.73 Å². The van der Waals surface area contributed by atoms with E-state index in [2.05, 4.69) is 9.98 Å². The average molecular weight is 189 g/mol. The Hall–Kier alpha value is -1.38. The van der Waals surface area contributed by atoms with Crippen LogP contribution in [0.2, 0.25) is 0 Å². The standard InChI is InChI=1S/C11H15N3/c12-11-8-9(5-7-14-11)3-4-10-2-1-6-13-10/h5,7-8H,1-4,6H2,(H2,12,14). The van der Waals surface area contributed by atoms with Crippen molar-refractivity contribution in [3.05, 3.63) is 23.9 Å². The van der Waals surface area contributed by atoms with Gasteiger partial charge in [0.2, 0.25) is 0 Å². The van der Waals surface area contributed by atoms with E-state index in [-0.39, 0.29) is 0 Å². The lowest BCUT2D eigenvalue weighted by Gasteiger charge is -2.01. The highest BCUT2D eigenvalue weighted by Crippen LogP contribution is 2.11. The normalized spacial score (nSPS) is 15.6. The van der Waals surface area contributed by atoms with Crippen LogP contribution in [0, 0.1) is 0 Å². The van der Waals surface area contributed by atoms with Crippen molar-refractivity contribution < 1.29 is 0 Å². The zero-order chi connectivity index (χ0) is 9.80. The second kappa shape index (κ2) is 4.22. The maximum atomic E-state index is 5.60. The van der Waals surface area contributed by atoms with Crippen molar-refractivity contribution in [1.29, 1.82) is 0 Å². The molecular weight excluding hydrogens is 174 g/mol. The van der Waals surface area contributed by atoms with Crippen LogP contribution in [0.3, 0.4) is 0 Å². The summed E-state index contributed by atoms with van der Waals surface area (Å²) >= 11 is 0. The third kappa shape index (κ3) is 2.31. The molecule has 0 fully saturated rings. The average Bonchev–Trinajstić information content (AvgIpc) is 2.67. The van der Waals surface area contributed by atoms with Gasteiger partial charge in [-0.1, -0.05) is 0 Å². The topological polar surface area (TPSA) is 51.3 Å². The van der Waals surface area contributed by atoms with Gasteiger partial charge in [0.15, 0.2) is 0 Å². The number of nitrogen functional groups attached to an aromatic ring is 1. The van der Waals surface area contributed by atoms with Crippen molar-refractivity contribution in [3.8, 4) is 0 Å². The minimum atomic E-state index is 0.607. The minimum Gasteiger partial charge on any atom is -0.384 e. The zero-order valence-electron chi connectivity index (χ0n) is 8.24. The molecule has 1 aliphatic heterocycles. The molecule has 0 bridgehead atoms. The van der Waals surface area contributed by atoms with Crippen molar-refractivity contribution in [2.75, 3.05) is 12.3 Å². The molecular formula is C11H15N3. The summed E-state index contributed by atoms with van der Waals surface area (Å²) in [5, 5.41) is 0. The molecule has 0 aliphatic carbocycles. The number of nitrogens with two attached hydrogens (primary N) is 1. The van der Waals surface area contributed by atoms with E-state index in [1.165, 1.54) is 24.1 Å². The molecule has 2 rings (SSSR count). The molecule has 1 aromatic rings. The van der Waals surface area contributed by atoms with Crippen LogP contribution in [0.5, 0.6) is 0 Å². The van der Waals surface area contributed by atoms with E-state index >= 15 is 0 Å². The molecule has 14 heavy (non-hydrogen) atoms. The first-order chi connectivity index (χ1) is 6.84. The van der Waals surface area contributed by atoms with Gasteiger partial charge in [0.05, 0.1) is 0 Å². The van der Waals surface area contributed by atoms with Crippen LogP contribution >= 0.6 is 0 Å². The van der Waals surface area contributed by atoms with Crippen LogP contribution in [-0.4, -0.2) is 17.2 Å². The SMILES string of the molecule is Nc1cc(CCC2=NCCC2)ccn1. The van der Waals surface area contributed by atoms with Gasteiger partial charge in [-0.05, 0) is 43.4 Å². The summed E-state index contributed by atoms with van der Waals surface area (Å²) in [6.07, 6.45) is 6.28. The Morgan fingerprint density at radius 1 is 1.36 bits per heavy atom. The van der Waals surface area contributed by atoms with Gasteiger partial charge in [-0.2, -0.15) is 0 Å². The Balaban J connectivity index is 1.91. The second-order valence-corrected chi connectivity index (χ2v) is 3.64. The Morgan fingerprint density at radius 3 is 3.00 bits per heavy atom. The van der Waals surface area contributed by atoms with Crippen LogP contribution < -0.4 is 5.73 Å². The lowest BCUT2D eigenvalue weighted by Crippen LogP contribution is -1.98. The summed E-state index contributed by atoms with van der Waals surface area (Å²) in [6, 6.07) is 3.96. The van der Waals surface area contributed by atoms with Crippen LogP contribution in [0.25, 0.3) is 0 Å². The predicted molar refractivity (Wildman–Crippen MR) is 58.5 cm³/mol. The first kappa shape index (κ1) is 9.19. The van der Waals surface area contributed by atoms with Crippen LogP contribution in [0.15, 0.2) is 23.3 Å². The van der Waals surface area contributed by atoms with E-state index in [1.54, 1.807) is 6.20 Å². The van der Waals surface area contributed by atoms with Crippen LogP contribution in [0.1, 0.15) is 24.8 Å². The van der Waals surface area contributed by atoms with Gasteiger partial charge >= 0.3 is 0 Å². The van der Waals surface area contributed by atoms with Gasteiger partial charge in [-0.15, -0.1) is 0 Å².